The second-order valence-electron chi connectivity index (χ2n) is 5.34. The van der Waals surface area contributed by atoms with Crippen molar-refractivity contribution in [2.24, 2.45) is 0 Å². The Morgan fingerprint density at radius 1 is 1.16 bits per heavy atom. The second kappa shape index (κ2) is 7.65. The highest BCUT2D eigenvalue weighted by atomic mass is 19.1. The number of fused-ring (bicyclic) bond motifs is 1. The van der Waals surface area contributed by atoms with E-state index >= 15 is 0 Å². The molecule has 0 aromatic heterocycles. The molecule has 2 aromatic carbocycles. The number of amides is 1. The van der Waals surface area contributed by atoms with Crippen molar-refractivity contribution < 1.29 is 28.2 Å². The second-order valence-corrected chi connectivity index (χ2v) is 5.34. The molecule has 0 saturated heterocycles. The highest BCUT2D eigenvalue weighted by Crippen LogP contribution is 2.28. The Bertz CT molecular complexity index is 776. The summed E-state index contributed by atoms with van der Waals surface area (Å²) in [6.45, 7) is 0.458. The molecule has 0 atom stereocenters. The van der Waals surface area contributed by atoms with E-state index in [0.29, 0.717) is 35.8 Å². The number of ether oxygens (including phenoxy) is 3. The van der Waals surface area contributed by atoms with Gasteiger partial charge in [0.05, 0.1) is 24.5 Å². The van der Waals surface area contributed by atoms with Crippen LogP contribution in [-0.4, -0.2) is 31.7 Å². The quantitative estimate of drug-likeness (QED) is 0.644. The third-order valence-electron chi connectivity index (χ3n) is 3.45. The minimum absolute atomic E-state index is 0.0772. The van der Waals surface area contributed by atoms with Crippen LogP contribution in [-0.2, 0) is 9.53 Å². The summed E-state index contributed by atoms with van der Waals surface area (Å²) in [6, 6.07) is 10.4. The van der Waals surface area contributed by atoms with E-state index in [4.69, 9.17) is 14.2 Å². The molecule has 0 aliphatic carbocycles. The number of carbonyl (C=O) groups is 2. The van der Waals surface area contributed by atoms with Crippen molar-refractivity contribution in [1.82, 2.24) is 0 Å². The third-order valence-corrected chi connectivity index (χ3v) is 3.45. The molecule has 0 bridgehead atoms. The van der Waals surface area contributed by atoms with Crippen LogP contribution in [0.15, 0.2) is 42.5 Å². The first kappa shape index (κ1) is 16.8. The van der Waals surface area contributed by atoms with Crippen LogP contribution in [0.2, 0.25) is 0 Å². The van der Waals surface area contributed by atoms with Gasteiger partial charge in [0.1, 0.15) is 17.3 Å². The Hall–Kier alpha value is -3.09. The van der Waals surface area contributed by atoms with Crippen molar-refractivity contribution in [3.63, 3.8) is 0 Å². The first-order chi connectivity index (χ1) is 12.1. The van der Waals surface area contributed by atoms with Crippen molar-refractivity contribution >= 4 is 17.6 Å². The van der Waals surface area contributed by atoms with Gasteiger partial charge in [-0.2, -0.15) is 0 Å². The Kier molecular flexibility index (Phi) is 5.13. The summed E-state index contributed by atoms with van der Waals surface area (Å²) in [7, 11) is 0. The summed E-state index contributed by atoms with van der Waals surface area (Å²) >= 11 is 0. The molecule has 0 spiro atoms. The predicted molar refractivity (Wildman–Crippen MR) is 87.4 cm³/mol. The molecule has 3 rings (SSSR count). The molecule has 0 fully saturated rings. The minimum Gasteiger partial charge on any atom is -0.493 e. The van der Waals surface area contributed by atoms with Crippen LogP contribution in [0.4, 0.5) is 10.1 Å². The van der Waals surface area contributed by atoms with Crippen molar-refractivity contribution in [2.45, 2.75) is 6.42 Å². The molecule has 2 aromatic rings. The van der Waals surface area contributed by atoms with E-state index in [0.717, 1.165) is 0 Å². The summed E-state index contributed by atoms with van der Waals surface area (Å²) in [6.07, 6.45) is 0.501. The summed E-state index contributed by atoms with van der Waals surface area (Å²) in [5, 5.41) is 2.65. The van der Waals surface area contributed by atoms with Gasteiger partial charge in [0.2, 0.25) is 0 Å². The average Bonchev–Trinajstić information content (AvgIpc) is 2.62. The molecular formula is C18H16FNO5. The fourth-order valence-electron chi connectivity index (χ4n) is 2.23. The monoisotopic (exact) mass is 345 g/mol. The number of halogens is 1. The van der Waals surface area contributed by atoms with E-state index in [9.17, 15) is 14.0 Å². The van der Waals surface area contributed by atoms with Crippen LogP contribution < -0.4 is 14.8 Å². The predicted octanol–water partition coefficient (Wildman–Crippen LogP) is 2.78. The molecule has 1 aliphatic rings. The molecule has 6 nitrogen and oxygen atoms in total. The fraction of sp³-hybridized carbons (Fsp3) is 0.222. The number of carbonyl (C=O) groups excluding carboxylic acids is 2. The van der Waals surface area contributed by atoms with Gasteiger partial charge in [0.25, 0.3) is 5.91 Å². The lowest BCUT2D eigenvalue weighted by atomic mass is 10.1. The van der Waals surface area contributed by atoms with Crippen LogP contribution in [0.5, 0.6) is 11.5 Å². The number of esters is 1. The Morgan fingerprint density at radius 3 is 2.76 bits per heavy atom. The first-order valence-corrected chi connectivity index (χ1v) is 7.74. The van der Waals surface area contributed by atoms with E-state index < -0.39 is 5.97 Å². The molecule has 1 N–H and O–H groups in total. The van der Waals surface area contributed by atoms with Crippen molar-refractivity contribution in [2.75, 3.05) is 25.1 Å². The third kappa shape index (κ3) is 4.47. The first-order valence-electron chi connectivity index (χ1n) is 7.74. The summed E-state index contributed by atoms with van der Waals surface area (Å²) in [5.74, 6) is -0.0424. The Labute approximate surface area is 143 Å². The van der Waals surface area contributed by atoms with Crippen LogP contribution in [0, 0.1) is 5.82 Å². The SMILES string of the molecule is O=C1COc2cc(C(=O)OCCCOc3ccc(F)cc3)ccc2N1. The molecule has 0 saturated carbocycles. The largest absolute Gasteiger partial charge is 0.493 e. The van der Waals surface area contributed by atoms with Gasteiger partial charge >= 0.3 is 5.97 Å². The van der Waals surface area contributed by atoms with Gasteiger partial charge in [-0.25, -0.2) is 9.18 Å². The average molecular weight is 345 g/mol. The zero-order valence-corrected chi connectivity index (χ0v) is 13.3. The normalized spacial score (nSPS) is 12.6. The lowest BCUT2D eigenvalue weighted by Crippen LogP contribution is -2.25. The maximum Gasteiger partial charge on any atom is 0.338 e. The van der Waals surface area contributed by atoms with Crippen molar-refractivity contribution in [3.8, 4) is 11.5 Å². The Balaban J connectivity index is 1.43. The number of hydrogen-bond donors (Lipinski definition) is 1. The molecule has 1 amide bonds. The van der Waals surface area contributed by atoms with Gasteiger partial charge in [-0.05, 0) is 42.5 Å². The van der Waals surface area contributed by atoms with E-state index in [1.807, 2.05) is 0 Å². The van der Waals surface area contributed by atoms with Crippen LogP contribution in [0.25, 0.3) is 0 Å². The van der Waals surface area contributed by atoms with Crippen LogP contribution >= 0.6 is 0 Å². The molecular weight excluding hydrogens is 329 g/mol. The molecule has 7 heteroatoms. The number of anilines is 1. The molecule has 130 valence electrons. The minimum atomic E-state index is -0.481. The van der Waals surface area contributed by atoms with E-state index in [2.05, 4.69) is 5.32 Å². The van der Waals surface area contributed by atoms with Crippen molar-refractivity contribution in [1.29, 1.82) is 0 Å². The summed E-state index contributed by atoms with van der Waals surface area (Å²) in [5.41, 5.74) is 0.870. The van der Waals surface area contributed by atoms with Gasteiger partial charge in [0.15, 0.2) is 6.61 Å². The summed E-state index contributed by atoms with van der Waals surface area (Å²) < 4.78 is 28.6. The maximum absolute atomic E-state index is 12.8. The van der Waals surface area contributed by atoms with Gasteiger partial charge in [0, 0.05) is 6.42 Å². The van der Waals surface area contributed by atoms with Crippen LogP contribution in [0.3, 0.4) is 0 Å². The molecule has 1 heterocycles. The van der Waals surface area contributed by atoms with Gasteiger partial charge in [-0.15, -0.1) is 0 Å². The summed E-state index contributed by atoms with van der Waals surface area (Å²) in [4.78, 5) is 23.2. The van der Waals surface area contributed by atoms with E-state index in [-0.39, 0.29) is 24.9 Å². The number of hydrogen-bond acceptors (Lipinski definition) is 5. The van der Waals surface area contributed by atoms with E-state index in [1.165, 1.54) is 30.3 Å². The van der Waals surface area contributed by atoms with Gasteiger partial charge in [-0.1, -0.05) is 0 Å². The molecule has 25 heavy (non-hydrogen) atoms. The zero-order chi connectivity index (χ0) is 17.6. The number of benzene rings is 2. The van der Waals surface area contributed by atoms with E-state index in [1.54, 1.807) is 12.1 Å². The van der Waals surface area contributed by atoms with Gasteiger partial charge in [-0.3, -0.25) is 4.79 Å². The molecule has 0 radical (unpaired) electrons. The van der Waals surface area contributed by atoms with Crippen LogP contribution in [0.1, 0.15) is 16.8 Å². The smallest absolute Gasteiger partial charge is 0.338 e. The highest BCUT2D eigenvalue weighted by molar-refractivity contribution is 5.97. The molecule has 0 unspecified atom stereocenters. The fourth-order valence-corrected chi connectivity index (χ4v) is 2.23. The maximum atomic E-state index is 12.8. The lowest BCUT2D eigenvalue weighted by Gasteiger charge is -2.18. The standard InChI is InChI=1S/C18H16FNO5/c19-13-3-5-14(6-4-13)23-8-1-9-24-18(22)12-2-7-15-16(10-12)25-11-17(21)20-15/h2-7,10H,1,8-9,11H2,(H,20,21). The highest BCUT2D eigenvalue weighted by Gasteiger charge is 2.18. The molecule has 1 aliphatic heterocycles. The lowest BCUT2D eigenvalue weighted by molar-refractivity contribution is -0.118. The zero-order valence-electron chi connectivity index (χ0n) is 13.3. The number of nitrogens with one attached hydrogen (secondary N) is 1. The van der Waals surface area contributed by atoms with Crippen molar-refractivity contribution in [3.05, 3.63) is 53.8 Å². The Morgan fingerprint density at radius 2 is 1.96 bits per heavy atom. The van der Waals surface area contributed by atoms with Gasteiger partial charge < -0.3 is 19.5 Å². The topological polar surface area (TPSA) is 73.9 Å². The number of rotatable bonds is 6.